The van der Waals surface area contributed by atoms with E-state index in [1.165, 1.54) is 50.0 Å². The van der Waals surface area contributed by atoms with Crippen molar-refractivity contribution in [3.05, 3.63) is 71.0 Å². The minimum atomic E-state index is -0.423. The van der Waals surface area contributed by atoms with Crippen LogP contribution in [0.4, 0.5) is 4.39 Å². The zero-order chi connectivity index (χ0) is 22.8. The molecule has 2 aromatic carbocycles. The van der Waals surface area contributed by atoms with Crippen LogP contribution in [0.15, 0.2) is 53.5 Å². The number of nitrogens with two attached hydrogens (primary N) is 1. The molecule has 1 atom stereocenters. The van der Waals surface area contributed by atoms with Crippen molar-refractivity contribution in [2.24, 2.45) is 16.6 Å². The molecular formula is C25H35FIN5O. The normalized spacial score (nSPS) is 15.4. The number of hydrogen-bond donors (Lipinski definition) is 3. The molecule has 1 aliphatic rings. The van der Waals surface area contributed by atoms with Gasteiger partial charge in [-0.25, -0.2) is 4.39 Å². The largest absolute Gasteiger partial charge is 0.369 e. The number of guanidine groups is 1. The van der Waals surface area contributed by atoms with Gasteiger partial charge in [0, 0.05) is 26.7 Å². The number of nitrogens with zero attached hydrogens (tertiary/aromatic N) is 2. The Kier molecular flexibility index (Phi) is 11.6. The minimum absolute atomic E-state index is 0. The summed E-state index contributed by atoms with van der Waals surface area (Å²) in [7, 11) is 1.69. The summed E-state index contributed by atoms with van der Waals surface area (Å²) in [5.41, 5.74) is 8.93. The van der Waals surface area contributed by atoms with Gasteiger partial charge in [0.15, 0.2) is 5.96 Å². The Morgan fingerprint density at radius 3 is 2.21 bits per heavy atom. The Morgan fingerprint density at radius 1 is 1.00 bits per heavy atom. The third kappa shape index (κ3) is 9.29. The van der Waals surface area contributed by atoms with Gasteiger partial charge in [-0.05, 0) is 61.2 Å². The topological polar surface area (TPSA) is 82.8 Å². The van der Waals surface area contributed by atoms with Gasteiger partial charge in [-0.15, -0.1) is 24.0 Å². The second-order valence-electron chi connectivity index (χ2n) is 8.39. The Balaban J connectivity index is 0.00000385. The highest BCUT2D eigenvalue weighted by Gasteiger charge is 2.17. The number of piperidine rings is 1. The van der Waals surface area contributed by atoms with Crippen LogP contribution in [0.1, 0.15) is 36.0 Å². The molecule has 0 radical (unpaired) electrons. The number of carbonyl (C=O) groups excluding carboxylic acids is 1. The van der Waals surface area contributed by atoms with E-state index >= 15 is 0 Å². The fourth-order valence-corrected chi connectivity index (χ4v) is 3.94. The molecule has 2 aromatic rings. The van der Waals surface area contributed by atoms with Crippen LogP contribution in [-0.2, 0) is 24.3 Å². The molecule has 1 amide bonds. The summed E-state index contributed by atoms with van der Waals surface area (Å²) in [6, 6.07) is 14.8. The highest BCUT2D eigenvalue weighted by atomic mass is 127. The molecule has 1 aliphatic heterocycles. The fraction of sp³-hybridized carbons (Fsp3) is 0.440. The van der Waals surface area contributed by atoms with Crippen LogP contribution < -0.4 is 16.4 Å². The lowest BCUT2D eigenvalue weighted by atomic mass is 9.98. The van der Waals surface area contributed by atoms with Crippen LogP contribution in [0.5, 0.6) is 0 Å². The van der Waals surface area contributed by atoms with Crippen molar-refractivity contribution in [2.45, 2.75) is 38.8 Å². The van der Waals surface area contributed by atoms with E-state index in [-0.39, 0.29) is 29.8 Å². The van der Waals surface area contributed by atoms with Crippen molar-refractivity contribution in [2.75, 3.05) is 26.7 Å². The van der Waals surface area contributed by atoms with E-state index in [1.54, 1.807) is 19.2 Å². The highest BCUT2D eigenvalue weighted by molar-refractivity contribution is 14.0. The van der Waals surface area contributed by atoms with Crippen LogP contribution in [0, 0.1) is 11.7 Å². The molecule has 0 spiro atoms. The maximum Gasteiger partial charge on any atom is 0.222 e. The SMILES string of the molecule is CN=C(NCc1ccc(CN2CCCCC2)cc1)NCC(Cc1ccc(F)cc1)C(N)=O.I. The molecule has 0 bridgehead atoms. The summed E-state index contributed by atoms with van der Waals surface area (Å²) in [4.78, 5) is 18.6. The third-order valence-corrected chi connectivity index (χ3v) is 5.88. The molecule has 1 unspecified atom stereocenters. The van der Waals surface area contributed by atoms with Gasteiger partial charge >= 0.3 is 0 Å². The Bertz CT molecular complexity index is 883. The highest BCUT2D eigenvalue weighted by Crippen LogP contribution is 2.14. The first-order chi connectivity index (χ1) is 15.5. The molecule has 0 saturated carbocycles. The van der Waals surface area contributed by atoms with Gasteiger partial charge in [-0.2, -0.15) is 0 Å². The number of rotatable bonds is 9. The van der Waals surface area contributed by atoms with Gasteiger partial charge in [0.1, 0.15) is 5.82 Å². The van der Waals surface area contributed by atoms with Crippen LogP contribution in [0.25, 0.3) is 0 Å². The lowest BCUT2D eigenvalue weighted by Gasteiger charge is -2.26. The smallest absolute Gasteiger partial charge is 0.222 e. The number of aliphatic imine (C=N–C) groups is 1. The van der Waals surface area contributed by atoms with Crippen molar-refractivity contribution in [3.8, 4) is 0 Å². The van der Waals surface area contributed by atoms with E-state index in [9.17, 15) is 9.18 Å². The van der Waals surface area contributed by atoms with E-state index in [0.717, 1.165) is 17.7 Å². The van der Waals surface area contributed by atoms with Crippen molar-refractivity contribution < 1.29 is 9.18 Å². The minimum Gasteiger partial charge on any atom is -0.369 e. The summed E-state index contributed by atoms with van der Waals surface area (Å²) in [6.07, 6.45) is 4.39. The van der Waals surface area contributed by atoms with Gasteiger partial charge in [-0.1, -0.05) is 42.8 Å². The molecule has 4 N–H and O–H groups in total. The molecule has 1 saturated heterocycles. The number of primary amides is 1. The molecule has 33 heavy (non-hydrogen) atoms. The number of likely N-dealkylation sites (tertiary alicyclic amines) is 1. The summed E-state index contributed by atoms with van der Waals surface area (Å²) in [5.74, 6) is -0.519. The van der Waals surface area contributed by atoms with Gasteiger partial charge < -0.3 is 16.4 Å². The molecular weight excluding hydrogens is 532 g/mol. The standard InChI is InChI=1S/C25H34FN5O.HI/c1-28-25(30-17-22(24(27)32)15-19-9-11-23(26)12-10-19)29-16-20-5-7-21(8-6-20)18-31-13-3-2-4-14-31;/h5-12,22H,2-4,13-18H2,1H3,(H2,27,32)(H2,28,29,30);1H. The van der Waals surface area contributed by atoms with Gasteiger partial charge in [0.2, 0.25) is 5.91 Å². The Hall–Kier alpha value is -2.20. The first-order valence-corrected chi connectivity index (χ1v) is 11.3. The van der Waals surface area contributed by atoms with E-state index in [0.29, 0.717) is 25.5 Å². The summed E-state index contributed by atoms with van der Waals surface area (Å²) < 4.78 is 13.1. The molecule has 1 fully saturated rings. The average molecular weight is 567 g/mol. The molecule has 0 aromatic heterocycles. The fourth-order valence-electron chi connectivity index (χ4n) is 3.94. The number of carbonyl (C=O) groups is 1. The van der Waals surface area contributed by atoms with Gasteiger partial charge in [0.05, 0.1) is 5.92 Å². The maximum absolute atomic E-state index is 13.1. The zero-order valence-electron chi connectivity index (χ0n) is 19.2. The lowest BCUT2D eigenvalue weighted by Crippen LogP contribution is -2.42. The molecule has 8 heteroatoms. The number of amides is 1. The van der Waals surface area contributed by atoms with Crippen molar-refractivity contribution in [3.63, 3.8) is 0 Å². The molecule has 180 valence electrons. The zero-order valence-corrected chi connectivity index (χ0v) is 21.6. The van der Waals surface area contributed by atoms with Crippen LogP contribution in [-0.4, -0.2) is 43.4 Å². The predicted molar refractivity (Wildman–Crippen MR) is 142 cm³/mol. The average Bonchev–Trinajstić information content (AvgIpc) is 2.81. The lowest BCUT2D eigenvalue weighted by molar-refractivity contribution is -0.121. The second-order valence-corrected chi connectivity index (χ2v) is 8.39. The van der Waals surface area contributed by atoms with Crippen LogP contribution in [0.2, 0.25) is 0 Å². The van der Waals surface area contributed by atoms with E-state index in [4.69, 9.17) is 5.73 Å². The van der Waals surface area contributed by atoms with Crippen molar-refractivity contribution in [1.82, 2.24) is 15.5 Å². The quantitative estimate of drug-likeness (QED) is 0.247. The first-order valence-electron chi connectivity index (χ1n) is 11.3. The summed E-state index contributed by atoms with van der Waals surface area (Å²) >= 11 is 0. The van der Waals surface area contributed by atoms with Crippen LogP contribution in [0.3, 0.4) is 0 Å². The Morgan fingerprint density at radius 2 is 1.61 bits per heavy atom. The Labute approximate surface area is 213 Å². The molecule has 1 heterocycles. The molecule has 0 aliphatic carbocycles. The van der Waals surface area contributed by atoms with Crippen molar-refractivity contribution >= 4 is 35.8 Å². The maximum atomic E-state index is 13.1. The van der Waals surface area contributed by atoms with E-state index in [1.807, 2.05) is 0 Å². The molecule has 6 nitrogen and oxygen atoms in total. The van der Waals surface area contributed by atoms with Gasteiger partial charge in [-0.3, -0.25) is 14.7 Å². The van der Waals surface area contributed by atoms with E-state index in [2.05, 4.69) is 44.8 Å². The number of nitrogens with one attached hydrogen (secondary N) is 2. The predicted octanol–water partition coefficient (Wildman–Crippen LogP) is 3.44. The number of hydrogen-bond acceptors (Lipinski definition) is 3. The van der Waals surface area contributed by atoms with E-state index < -0.39 is 11.8 Å². The van der Waals surface area contributed by atoms with Crippen molar-refractivity contribution in [1.29, 1.82) is 0 Å². The van der Waals surface area contributed by atoms with Crippen LogP contribution >= 0.6 is 24.0 Å². The van der Waals surface area contributed by atoms with Gasteiger partial charge in [0.25, 0.3) is 0 Å². The monoisotopic (exact) mass is 567 g/mol. The first kappa shape index (κ1) is 27.0. The number of benzene rings is 2. The molecule has 3 rings (SSSR count). The third-order valence-electron chi connectivity index (χ3n) is 5.88. The second kappa shape index (κ2) is 14.1. The summed E-state index contributed by atoms with van der Waals surface area (Å²) in [6.45, 7) is 4.38. The number of halogens is 2. The summed E-state index contributed by atoms with van der Waals surface area (Å²) in [5, 5.41) is 6.45.